The topological polar surface area (TPSA) is 58.0 Å². The monoisotopic (exact) mass is 536 g/mol. The highest BCUT2D eigenvalue weighted by Crippen LogP contribution is 2.39. The van der Waals surface area contributed by atoms with E-state index in [4.69, 9.17) is 9.72 Å². The molecule has 2 fully saturated rings. The molecule has 11 heteroatoms. The summed E-state index contributed by atoms with van der Waals surface area (Å²) in [7, 11) is 0. The van der Waals surface area contributed by atoms with Crippen molar-refractivity contribution in [3.05, 3.63) is 63.7 Å². The van der Waals surface area contributed by atoms with Crippen LogP contribution in [0.2, 0.25) is 0 Å². The van der Waals surface area contributed by atoms with Crippen molar-refractivity contribution >= 4 is 34.2 Å². The number of halogens is 3. The molecule has 0 saturated carbocycles. The zero-order valence-corrected chi connectivity index (χ0v) is 21.2. The van der Waals surface area contributed by atoms with Crippen LogP contribution < -0.4 is 0 Å². The molecule has 2 unspecified atom stereocenters. The van der Waals surface area contributed by atoms with Crippen molar-refractivity contribution in [2.75, 3.05) is 39.4 Å². The van der Waals surface area contributed by atoms with E-state index < -0.39 is 11.7 Å². The number of aromatic nitrogens is 1. The summed E-state index contributed by atoms with van der Waals surface area (Å²) < 4.78 is 44.7. The molecule has 5 rings (SSSR count). The van der Waals surface area contributed by atoms with Crippen LogP contribution in [0.4, 0.5) is 18.0 Å². The highest BCUT2D eigenvalue weighted by molar-refractivity contribution is 8.13. The summed E-state index contributed by atoms with van der Waals surface area (Å²) in [6.45, 7) is 3.13. The van der Waals surface area contributed by atoms with Gasteiger partial charge >= 0.3 is 12.2 Å². The molecule has 3 aliphatic heterocycles. The van der Waals surface area contributed by atoms with Gasteiger partial charge in [-0.15, -0.1) is 23.1 Å². The van der Waals surface area contributed by atoms with Crippen LogP contribution in [0.3, 0.4) is 0 Å². The Morgan fingerprint density at radius 3 is 2.56 bits per heavy atom. The Labute approximate surface area is 216 Å². The average Bonchev–Trinajstić information content (AvgIpc) is 3.59. The Hall–Kier alpha value is -2.37. The van der Waals surface area contributed by atoms with Crippen molar-refractivity contribution in [2.45, 2.75) is 36.6 Å². The first-order chi connectivity index (χ1) is 17.4. The second-order valence-corrected chi connectivity index (χ2v) is 11.1. The maximum Gasteiger partial charge on any atom is 0.416 e. The van der Waals surface area contributed by atoms with Gasteiger partial charge in [-0.1, -0.05) is 18.2 Å². The second kappa shape index (κ2) is 10.9. The van der Waals surface area contributed by atoms with Crippen LogP contribution in [0.25, 0.3) is 0 Å². The van der Waals surface area contributed by atoms with E-state index in [1.165, 1.54) is 0 Å². The van der Waals surface area contributed by atoms with Gasteiger partial charge < -0.3 is 14.5 Å². The van der Waals surface area contributed by atoms with Gasteiger partial charge in [0.1, 0.15) is 0 Å². The molecular weight excluding hydrogens is 509 g/mol. The van der Waals surface area contributed by atoms with Gasteiger partial charge in [-0.3, -0.25) is 4.99 Å². The van der Waals surface area contributed by atoms with Gasteiger partial charge in [-0.05, 0) is 24.1 Å². The van der Waals surface area contributed by atoms with Crippen molar-refractivity contribution in [2.24, 2.45) is 4.99 Å². The number of amides is 2. The molecule has 4 heterocycles. The number of urea groups is 1. The smallest absolute Gasteiger partial charge is 0.378 e. The standard InChI is InChI=1S/C25H27F3N4O2S2/c26-25(27,28)20-5-3-17(4-6-20)18-12-19(14-32(13-18)24(33)31-8-10-34-11-9-31)23-30-21(16-36-23)15-35-22-2-1-7-29-22/h1,3-7,16,18-19H,2,8-15H2. The highest BCUT2D eigenvalue weighted by atomic mass is 32.2. The maximum absolute atomic E-state index is 13.4. The number of aliphatic imine (C=N–C) groups is 1. The lowest BCUT2D eigenvalue weighted by Crippen LogP contribution is -2.52. The number of thioether (sulfide) groups is 1. The van der Waals surface area contributed by atoms with E-state index in [2.05, 4.69) is 10.4 Å². The van der Waals surface area contributed by atoms with Crippen molar-refractivity contribution < 1.29 is 22.7 Å². The number of piperidine rings is 1. The van der Waals surface area contributed by atoms with Crippen LogP contribution in [0.5, 0.6) is 0 Å². The van der Waals surface area contributed by atoms with Crippen LogP contribution in [-0.2, 0) is 16.7 Å². The third-order valence-electron chi connectivity index (χ3n) is 6.63. The molecule has 0 radical (unpaired) electrons. The van der Waals surface area contributed by atoms with Gasteiger partial charge in [-0.2, -0.15) is 13.2 Å². The van der Waals surface area contributed by atoms with Crippen LogP contribution in [-0.4, -0.2) is 65.3 Å². The van der Waals surface area contributed by atoms with Crippen molar-refractivity contribution in [3.63, 3.8) is 0 Å². The molecule has 1 aromatic heterocycles. The molecule has 0 N–H and O–H groups in total. The molecule has 2 saturated heterocycles. The Morgan fingerprint density at radius 1 is 1.11 bits per heavy atom. The molecule has 2 atom stereocenters. The van der Waals surface area contributed by atoms with Crippen LogP contribution >= 0.6 is 23.1 Å². The predicted molar refractivity (Wildman–Crippen MR) is 136 cm³/mol. The van der Waals surface area contributed by atoms with Gasteiger partial charge in [0.2, 0.25) is 0 Å². The first-order valence-electron chi connectivity index (χ1n) is 11.9. The molecule has 1 aromatic carbocycles. The number of carbonyl (C=O) groups excluding carboxylic acids is 1. The molecule has 2 aromatic rings. The van der Waals surface area contributed by atoms with E-state index >= 15 is 0 Å². The number of ether oxygens (including phenoxy) is 1. The number of benzene rings is 1. The summed E-state index contributed by atoms with van der Waals surface area (Å²) in [5.41, 5.74) is 1.13. The summed E-state index contributed by atoms with van der Waals surface area (Å²) in [6, 6.07) is 5.32. The maximum atomic E-state index is 13.4. The number of nitrogens with zero attached hydrogens (tertiary/aromatic N) is 4. The third-order valence-corrected chi connectivity index (χ3v) is 8.74. The van der Waals surface area contributed by atoms with Crippen molar-refractivity contribution in [3.8, 4) is 0 Å². The van der Waals surface area contributed by atoms with E-state index in [1.807, 2.05) is 17.2 Å². The number of alkyl halides is 3. The quantitative estimate of drug-likeness (QED) is 0.500. The van der Waals surface area contributed by atoms with E-state index in [0.29, 0.717) is 39.4 Å². The summed E-state index contributed by atoms with van der Waals surface area (Å²) in [5.74, 6) is 0.685. The predicted octanol–water partition coefficient (Wildman–Crippen LogP) is 5.74. The molecule has 6 nitrogen and oxygen atoms in total. The summed E-state index contributed by atoms with van der Waals surface area (Å²) in [4.78, 5) is 26.2. The summed E-state index contributed by atoms with van der Waals surface area (Å²) in [5, 5.41) is 4.10. The Balaban J connectivity index is 1.34. The van der Waals surface area contributed by atoms with Crippen molar-refractivity contribution in [1.82, 2.24) is 14.8 Å². The number of thiazole rings is 1. The van der Waals surface area contributed by atoms with Gasteiger partial charge in [0.15, 0.2) is 0 Å². The number of allylic oxidation sites excluding steroid dienone is 1. The van der Waals surface area contributed by atoms with Gasteiger partial charge in [0.05, 0.1) is 34.5 Å². The van der Waals surface area contributed by atoms with Crippen LogP contribution in [0, 0.1) is 0 Å². The SMILES string of the molecule is O=C(N1CCOCC1)N1CC(c2ccc(C(F)(F)F)cc2)CC(c2nc(CSC3=NC=CC3)cs2)C1. The molecule has 36 heavy (non-hydrogen) atoms. The molecule has 0 spiro atoms. The summed E-state index contributed by atoms with van der Waals surface area (Å²) >= 11 is 3.27. The third kappa shape index (κ3) is 5.95. The Morgan fingerprint density at radius 2 is 1.86 bits per heavy atom. The number of likely N-dealkylation sites (tertiary alicyclic amines) is 1. The molecule has 192 valence electrons. The largest absolute Gasteiger partial charge is 0.416 e. The molecular formula is C25H27F3N4O2S2. The number of carbonyl (C=O) groups is 1. The number of morpholine rings is 1. The number of hydrogen-bond acceptors (Lipinski definition) is 6. The first-order valence-corrected chi connectivity index (χ1v) is 13.8. The first kappa shape index (κ1) is 25.3. The molecule has 3 aliphatic rings. The van der Waals surface area contributed by atoms with Crippen LogP contribution in [0.15, 0.2) is 46.9 Å². The van der Waals surface area contributed by atoms with E-state index in [1.54, 1.807) is 40.1 Å². The average molecular weight is 537 g/mol. The fraction of sp³-hybridized carbons (Fsp3) is 0.480. The fourth-order valence-electron chi connectivity index (χ4n) is 4.75. The van der Waals surface area contributed by atoms with Gasteiger partial charge in [0.25, 0.3) is 0 Å². The lowest BCUT2D eigenvalue weighted by Gasteiger charge is -2.40. The Bertz CT molecular complexity index is 1130. The van der Waals surface area contributed by atoms with Gasteiger partial charge in [0, 0.05) is 61.8 Å². The lowest BCUT2D eigenvalue weighted by atomic mass is 9.84. The number of rotatable bonds is 4. The fourth-order valence-corrected chi connectivity index (χ4v) is 6.59. The minimum Gasteiger partial charge on any atom is -0.378 e. The normalized spacial score (nSPS) is 22.7. The van der Waals surface area contributed by atoms with Gasteiger partial charge in [-0.25, -0.2) is 9.78 Å². The summed E-state index contributed by atoms with van der Waals surface area (Å²) in [6.07, 6.45) is 1.06. The van der Waals surface area contributed by atoms with E-state index in [0.717, 1.165) is 52.0 Å². The van der Waals surface area contributed by atoms with E-state index in [9.17, 15) is 18.0 Å². The minimum absolute atomic E-state index is 0.0188. The highest BCUT2D eigenvalue weighted by Gasteiger charge is 2.36. The lowest BCUT2D eigenvalue weighted by molar-refractivity contribution is -0.137. The van der Waals surface area contributed by atoms with Crippen molar-refractivity contribution in [1.29, 1.82) is 0 Å². The van der Waals surface area contributed by atoms with Crippen LogP contribution in [0.1, 0.15) is 46.5 Å². The molecule has 2 amide bonds. The zero-order valence-electron chi connectivity index (χ0n) is 19.6. The second-order valence-electron chi connectivity index (χ2n) is 9.11. The minimum atomic E-state index is -4.37. The molecule has 0 bridgehead atoms. The van der Waals surface area contributed by atoms with E-state index in [-0.39, 0.29) is 17.9 Å². The zero-order chi connectivity index (χ0) is 25.1. The molecule has 0 aliphatic carbocycles. The Kier molecular flexibility index (Phi) is 7.68. The number of hydrogen-bond donors (Lipinski definition) is 0.